The third kappa shape index (κ3) is 2.68. The third-order valence-electron chi connectivity index (χ3n) is 6.70. The van der Waals surface area contributed by atoms with E-state index in [-0.39, 0.29) is 30.2 Å². The van der Waals surface area contributed by atoms with Gasteiger partial charge >= 0.3 is 0 Å². The number of rotatable bonds is 3. The molecule has 7 nitrogen and oxygen atoms in total. The van der Waals surface area contributed by atoms with Crippen molar-refractivity contribution in [3.8, 4) is 0 Å². The second kappa shape index (κ2) is 5.87. The lowest BCUT2D eigenvalue weighted by Crippen LogP contribution is -2.52. The van der Waals surface area contributed by atoms with Crippen molar-refractivity contribution in [2.24, 2.45) is 11.1 Å². The molecule has 0 radical (unpaired) electrons. The van der Waals surface area contributed by atoms with Gasteiger partial charge < -0.3 is 10.6 Å². The van der Waals surface area contributed by atoms with Crippen molar-refractivity contribution in [2.75, 3.05) is 13.1 Å². The van der Waals surface area contributed by atoms with E-state index in [1.165, 1.54) is 12.8 Å². The van der Waals surface area contributed by atoms with Crippen LogP contribution in [0.4, 0.5) is 0 Å². The number of carbonyl (C=O) groups is 3. The van der Waals surface area contributed by atoms with Crippen LogP contribution in [0.3, 0.4) is 0 Å². The Morgan fingerprint density at radius 2 is 2.04 bits per heavy atom. The molecule has 1 aliphatic carbocycles. The summed E-state index contributed by atoms with van der Waals surface area (Å²) in [5.74, 6) is -0.727. The molecule has 5 rings (SSSR count). The van der Waals surface area contributed by atoms with Gasteiger partial charge in [0, 0.05) is 44.2 Å². The molecule has 3 heterocycles. The maximum atomic E-state index is 13.1. The van der Waals surface area contributed by atoms with Crippen LogP contribution in [0.2, 0.25) is 0 Å². The fourth-order valence-corrected chi connectivity index (χ4v) is 4.97. The Morgan fingerprint density at radius 3 is 2.74 bits per heavy atom. The molecule has 1 saturated carbocycles. The summed E-state index contributed by atoms with van der Waals surface area (Å²) in [5, 5.41) is 2.35. The molecule has 3 N–H and O–H groups in total. The van der Waals surface area contributed by atoms with Gasteiger partial charge in [-0.25, -0.2) is 0 Å². The van der Waals surface area contributed by atoms with Crippen molar-refractivity contribution >= 4 is 17.7 Å². The molecule has 1 aromatic rings. The van der Waals surface area contributed by atoms with Crippen LogP contribution in [-0.2, 0) is 22.7 Å². The second-order valence-electron chi connectivity index (χ2n) is 8.49. The number of likely N-dealkylation sites (tertiary alicyclic amines) is 1. The number of benzene rings is 1. The Morgan fingerprint density at radius 1 is 1.22 bits per heavy atom. The Labute approximate surface area is 157 Å². The maximum Gasteiger partial charge on any atom is 0.255 e. The minimum Gasteiger partial charge on any atom is -0.326 e. The zero-order valence-electron chi connectivity index (χ0n) is 15.2. The molecule has 142 valence electrons. The minimum atomic E-state index is -0.564. The highest BCUT2D eigenvalue weighted by molar-refractivity contribution is 6.05. The number of hydrogen-bond acceptors (Lipinski definition) is 5. The molecule has 2 saturated heterocycles. The lowest BCUT2D eigenvalue weighted by Gasteiger charge is -2.29. The highest BCUT2D eigenvalue weighted by Crippen LogP contribution is 2.52. The molecule has 1 aromatic carbocycles. The van der Waals surface area contributed by atoms with Gasteiger partial charge in [0.1, 0.15) is 6.04 Å². The van der Waals surface area contributed by atoms with Crippen LogP contribution in [0.25, 0.3) is 0 Å². The summed E-state index contributed by atoms with van der Waals surface area (Å²) in [6.45, 7) is 3.02. The zero-order valence-corrected chi connectivity index (χ0v) is 15.2. The molecule has 3 aliphatic heterocycles. The summed E-state index contributed by atoms with van der Waals surface area (Å²) in [6, 6.07) is 5.61. The van der Waals surface area contributed by atoms with Gasteiger partial charge in [-0.15, -0.1) is 0 Å². The SMILES string of the molecule is NC1CN(Cc2cccc3c2C(=O)N(C2CCC(=O)NC2=O)C3)CC12CC2. The standard InChI is InChI=1S/C20H24N4O3/c21-15-10-23(11-20(15)6-7-20)8-12-2-1-3-13-9-24(19(27)17(12)13)14-4-5-16(25)22-18(14)26/h1-3,14-15H,4-11,21H2,(H,22,25,26). The van der Waals surface area contributed by atoms with E-state index < -0.39 is 6.04 Å². The molecule has 1 spiro atoms. The largest absolute Gasteiger partial charge is 0.326 e. The highest BCUT2D eigenvalue weighted by atomic mass is 16.2. The van der Waals surface area contributed by atoms with E-state index in [1.807, 2.05) is 18.2 Å². The third-order valence-corrected chi connectivity index (χ3v) is 6.70. The van der Waals surface area contributed by atoms with E-state index in [0.717, 1.165) is 29.8 Å². The number of piperidine rings is 1. The van der Waals surface area contributed by atoms with E-state index in [4.69, 9.17) is 5.73 Å². The zero-order chi connectivity index (χ0) is 18.8. The summed E-state index contributed by atoms with van der Waals surface area (Å²) in [4.78, 5) is 40.7. The van der Waals surface area contributed by atoms with Gasteiger partial charge in [-0.2, -0.15) is 0 Å². The van der Waals surface area contributed by atoms with Crippen molar-refractivity contribution in [1.29, 1.82) is 0 Å². The first-order valence-corrected chi connectivity index (χ1v) is 9.70. The number of carbonyl (C=O) groups excluding carboxylic acids is 3. The predicted octanol–water partition coefficient (Wildman–Crippen LogP) is 0.371. The molecule has 3 amide bonds. The molecular formula is C20H24N4O3. The lowest BCUT2D eigenvalue weighted by atomic mass is 10.0. The first kappa shape index (κ1) is 16.9. The van der Waals surface area contributed by atoms with E-state index in [9.17, 15) is 14.4 Å². The monoisotopic (exact) mass is 368 g/mol. The van der Waals surface area contributed by atoms with Crippen molar-refractivity contribution in [2.45, 2.75) is 50.9 Å². The molecule has 2 unspecified atom stereocenters. The smallest absolute Gasteiger partial charge is 0.255 e. The molecular weight excluding hydrogens is 344 g/mol. The van der Waals surface area contributed by atoms with Gasteiger partial charge in [-0.05, 0) is 35.8 Å². The number of nitrogens with one attached hydrogen (secondary N) is 1. The van der Waals surface area contributed by atoms with E-state index in [0.29, 0.717) is 24.9 Å². The first-order chi connectivity index (χ1) is 13.0. The van der Waals surface area contributed by atoms with Gasteiger partial charge in [0.15, 0.2) is 0 Å². The Balaban J connectivity index is 1.37. The number of nitrogens with zero attached hydrogens (tertiary/aromatic N) is 2. The molecule has 3 fully saturated rings. The topological polar surface area (TPSA) is 95.7 Å². The van der Waals surface area contributed by atoms with Gasteiger partial charge in [-0.1, -0.05) is 18.2 Å². The van der Waals surface area contributed by atoms with E-state index in [2.05, 4.69) is 10.2 Å². The lowest BCUT2D eigenvalue weighted by molar-refractivity contribution is -0.136. The van der Waals surface area contributed by atoms with Crippen LogP contribution >= 0.6 is 0 Å². The minimum absolute atomic E-state index is 0.0975. The highest BCUT2D eigenvalue weighted by Gasteiger charge is 2.53. The number of amides is 3. The summed E-state index contributed by atoms with van der Waals surface area (Å²) in [6.07, 6.45) is 3.08. The van der Waals surface area contributed by atoms with E-state index in [1.54, 1.807) is 4.90 Å². The van der Waals surface area contributed by atoms with Gasteiger partial charge in [0.05, 0.1) is 0 Å². The van der Waals surface area contributed by atoms with Crippen molar-refractivity contribution < 1.29 is 14.4 Å². The van der Waals surface area contributed by atoms with Crippen molar-refractivity contribution in [3.05, 3.63) is 34.9 Å². The quantitative estimate of drug-likeness (QED) is 0.752. The molecule has 2 atom stereocenters. The van der Waals surface area contributed by atoms with Gasteiger partial charge in [0.2, 0.25) is 11.8 Å². The Kier molecular flexibility index (Phi) is 3.67. The molecule has 7 heteroatoms. The number of hydrogen-bond donors (Lipinski definition) is 2. The van der Waals surface area contributed by atoms with Crippen LogP contribution in [0.1, 0.15) is 47.2 Å². The summed E-state index contributed by atoms with van der Waals surface area (Å²) >= 11 is 0. The van der Waals surface area contributed by atoms with Crippen molar-refractivity contribution in [3.63, 3.8) is 0 Å². The molecule has 4 aliphatic rings. The second-order valence-corrected chi connectivity index (χ2v) is 8.49. The summed E-state index contributed by atoms with van der Waals surface area (Å²) < 4.78 is 0. The van der Waals surface area contributed by atoms with Crippen LogP contribution in [0, 0.1) is 5.41 Å². The molecule has 27 heavy (non-hydrogen) atoms. The fraction of sp³-hybridized carbons (Fsp3) is 0.550. The summed E-state index contributed by atoms with van der Waals surface area (Å²) in [5.41, 5.74) is 9.33. The number of imide groups is 1. The Hall–Kier alpha value is -2.25. The van der Waals surface area contributed by atoms with Crippen LogP contribution in [-0.4, -0.2) is 52.7 Å². The predicted molar refractivity (Wildman–Crippen MR) is 97.4 cm³/mol. The average Bonchev–Trinajstić information content (AvgIpc) is 3.23. The summed E-state index contributed by atoms with van der Waals surface area (Å²) in [7, 11) is 0. The Bertz CT molecular complexity index is 848. The van der Waals surface area contributed by atoms with Crippen LogP contribution in [0.5, 0.6) is 0 Å². The van der Waals surface area contributed by atoms with E-state index >= 15 is 0 Å². The van der Waals surface area contributed by atoms with Crippen LogP contribution < -0.4 is 11.1 Å². The van der Waals surface area contributed by atoms with Crippen LogP contribution in [0.15, 0.2) is 18.2 Å². The van der Waals surface area contributed by atoms with Gasteiger partial charge in [-0.3, -0.25) is 24.6 Å². The number of fused-ring (bicyclic) bond motifs is 1. The van der Waals surface area contributed by atoms with Crippen molar-refractivity contribution in [1.82, 2.24) is 15.1 Å². The number of nitrogens with two attached hydrogens (primary N) is 1. The first-order valence-electron chi connectivity index (χ1n) is 9.70. The normalized spacial score (nSPS) is 29.4. The maximum absolute atomic E-state index is 13.1. The van der Waals surface area contributed by atoms with Gasteiger partial charge in [0.25, 0.3) is 5.91 Å². The molecule has 0 aromatic heterocycles. The molecule has 0 bridgehead atoms. The average molecular weight is 368 g/mol. The fourth-order valence-electron chi connectivity index (χ4n) is 4.97.